The number of carbonyl (C=O) groups excluding carboxylic acids is 2. The van der Waals surface area contributed by atoms with Gasteiger partial charge in [-0.15, -0.1) is 0 Å². The Bertz CT molecular complexity index is 847. The van der Waals surface area contributed by atoms with Crippen LogP contribution in [0.3, 0.4) is 0 Å². The van der Waals surface area contributed by atoms with E-state index >= 15 is 0 Å². The zero-order chi connectivity index (χ0) is 18.7. The molecular formula is C21H22ClNO3. The Morgan fingerprint density at radius 3 is 2.73 bits per heavy atom. The van der Waals surface area contributed by atoms with Crippen LogP contribution in [0.1, 0.15) is 35.6 Å². The summed E-state index contributed by atoms with van der Waals surface area (Å²) in [6, 6.07) is 11.4. The lowest BCUT2D eigenvalue weighted by Gasteiger charge is -2.15. The molecule has 5 heteroatoms. The van der Waals surface area contributed by atoms with E-state index in [4.69, 9.17) is 16.3 Å². The van der Waals surface area contributed by atoms with E-state index in [1.165, 1.54) is 17.5 Å². The summed E-state index contributed by atoms with van der Waals surface area (Å²) in [6.45, 7) is 3.44. The molecule has 0 saturated carbocycles. The number of anilines is 1. The van der Waals surface area contributed by atoms with E-state index in [0.29, 0.717) is 10.7 Å². The topological polar surface area (TPSA) is 55.4 Å². The molecule has 136 valence electrons. The third-order valence-corrected chi connectivity index (χ3v) is 4.88. The van der Waals surface area contributed by atoms with E-state index in [1.807, 2.05) is 19.1 Å². The van der Waals surface area contributed by atoms with Crippen LogP contribution in [0.5, 0.6) is 0 Å². The first-order chi connectivity index (χ1) is 12.4. The Hall–Kier alpha value is -2.33. The van der Waals surface area contributed by atoms with E-state index in [2.05, 4.69) is 17.4 Å². The molecule has 0 aliphatic heterocycles. The Labute approximate surface area is 158 Å². The average Bonchev–Trinajstić information content (AvgIpc) is 3.05. The number of fused-ring (bicyclic) bond motifs is 1. The number of hydrogen-bond donors (Lipinski definition) is 1. The molecule has 1 aliphatic rings. The maximum Gasteiger partial charge on any atom is 0.311 e. The molecule has 0 radical (unpaired) electrons. The quantitative estimate of drug-likeness (QED) is 0.799. The van der Waals surface area contributed by atoms with Crippen molar-refractivity contribution in [3.63, 3.8) is 0 Å². The maximum absolute atomic E-state index is 12.3. The number of benzene rings is 2. The van der Waals surface area contributed by atoms with Gasteiger partial charge in [0.15, 0.2) is 6.10 Å². The largest absolute Gasteiger partial charge is 0.452 e. The van der Waals surface area contributed by atoms with Gasteiger partial charge in [0.1, 0.15) is 0 Å². The van der Waals surface area contributed by atoms with E-state index in [0.717, 1.165) is 24.0 Å². The van der Waals surface area contributed by atoms with Gasteiger partial charge >= 0.3 is 5.97 Å². The molecule has 0 bridgehead atoms. The van der Waals surface area contributed by atoms with Crippen LogP contribution < -0.4 is 5.32 Å². The van der Waals surface area contributed by atoms with E-state index < -0.39 is 12.1 Å². The van der Waals surface area contributed by atoms with Crippen molar-refractivity contribution < 1.29 is 14.3 Å². The Kier molecular flexibility index (Phi) is 5.62. The fourth-order valence-electron chi connectivity index (χ4n) is 3.16. The summed E-state index contributed by atoms with van der Waals surface area (Å²) in [7, 11) is 0. The van der Waals surface area contributed by atoms with Crippen molar-refractivity contribution in [2.24, 2.45) is 0 Å². The van der Waals surface area contributed by atoms with Gasteiger partial charge < -0.3 is 10.1 Å². The average molecular weight is 372 g/mol. The second-order valence-electron chi connectivity index (χ2n) is 6.71. The summed E-state index contributed by atoms with van der Waals surface area (Å²) in [5.74, 6) is -0.786. The van der Waals surface area contributed by atoms with Gasteiger partial charge in [0.05, 0.1) is 6.42 Å². The van der Waals surface area contributed by atoms with Gasteiger partial charge in [-0.3, -0.25) is 9.59 Å². The van der Waals surface area contributed by atoms with E-state index in [-0.39, 0.29) is 12.3 Å². The molecule has 3 rings (SSSR count). The maximum atomic E-state index is 12.3. The fourth-order valence-corrected chi connectivity index (χ4v) is 3.33. The zero-order valence-corrected chi connectivity index (χ0v) is 15.7. The Morgan fingerprint density at radius 1 is 1.15 bits per heavy atom. The SMILES string of the molecule is Cc1ccc(Cl)cc1NC(=O)[C@@H](C)OC(=O)Cc1ccc2c(c1)CCC2. The van der Waals surface area contributed by atoms with Crippen molar-refractivity contribution in [3.8, 4) is 0 Å². The third kappa shape index (κ3) is 4.44. The van der Waals surface area contributed by atoms with E-state index in [1.54, 1.807) is 19.1 Å². The van der Waals surface area contributed by atoms with Crippen molar-refractivity contribution in [3.05, 3.63) is 63.7 Å². The summed E-state index contributed by atoms with van der Waals surface area (Å²) in [5, 5.41) is 3.29. The Balaban J connectivity index is 1.56. The molecule has 1 amide bonds. The lowest BCUT2D eigenvalue weighted by molar-refractivity contribution is -0.152. The van der Waals surface area contributed by atoms with Crippen LogP contribution in [0.4, 0.5) is 5.69 Å². The van der Waals surface area contributed by atoms with Crippen LogP contribution in [0.15, 0.2) is 36.4 Å². The minimum atomic E-state index is -0.879. The molecule has 0 unspecified atom stereocenters. The summed E-state index contributed by atoms with van der Waals surface area (Å²) < 4.78 is 5.29. The number of nitrogens with one attached hydrogen (secondary N) is 1. The number of hydrogen-bond acceptors (Lipinski definition) is 3. The second-order valence-corrected chi connectivity index (χ2v) is 7.15. The highest BCUT2D eigenvalue weighted by Crippen LogP contribution is 2.23. The monoisotopic (exact) mass is 371 g/mol. The van der Waals surface area contributed by atoms with Crippen LogP contribution in [-0.2, 0) is 33.6 Å². The molecular weight excluding hydrogens is 350 g/mol. The fraction of sp³-hybridized carbons (Fsp3) is 0.333. The van der Waals surface area contributed by atoms with Crippen molar-refractivity contribution >= 4 is 29.2 Å². The lowest BCUT2D eigenvalue weighted by Crippen LogP contribution is -2.30. The van der Waals surface area contributed by atoms with Gasteiger partial charge in [0, 0.05) is 10.7 Å². The molecule has 0 spiro atoms. The van der Waals surface area contributed by atoms with Crippen LogP contribution in [0, 0.1) is 6.92 Å². The molecule has 2 aromatic rings. The smallest absolute Gasteiger partial charge is 0.311 e. The van der Waals surface area contributed by atoms with Gasteiger partial charge in [-0.1, -0.05) is 35.9 Å². The van der Waals surface area contributed by atoms with Crippen LogP contribution >= 0.6 is 11.6 Å². The van der Waals surface area contributed by atoms with Crippen molar-refractivity contribution in [2.45, 2.75) is 45.6 Å². The van der Waals surface area contributed by atoms with Gasteiger partial charge in [-0.2, -0.15) is 0 Å². The summed E-state index contributed by atoms with van der Waals surface area (Å²) in [6.07, 6.45) is 2.64. The molecule has 0 fully saturated rings. The molecule has 1 N–H and O–H groups in total. The number of aryl methyl sites for hydroxylation is 3. The standard InChI is InChI=1S/C21H22ClNO3/c1-13-6-9-18(22)12-19(13)23-21(25)14(2)26-20(24)11-15-7-8-16-4-3-5-17(16)10-15/h6-10,12,14H,3-5,11H2,1-2H3,(H,23,25)/t14-/m1/s1. The predicted octanol–water partition coefficient (Wildman–Crippen LogP) is 4.25. The molecule has 0 aromatic heterocycles. The van der Waals surface area contributed by atoms with Gasteiger partial charge in [0.25, 0.3) is 5.91 Å². The number of ether oxygens (including phenoxy) is 1. The van der Waals surface area contributed by atoms with Gasteiger partial charge in [-0.25, -0.2) is 0 Å². The number of rotatable bonds is 5. The minimum Gasteiger partial charge on any atom is -0.452 e. The van der Waals surface area contributed by atoms with Crippen LogP contribution in [-0.4, -0.2) is 18.0 Å². The highest BCUT2D eigenvalue weighted by molar-refractivity contribution is 6.31. The summed E-state index contributed by atoms with van der Waals surface area (Å²) >= 11 is 5.96. The molecule has 0 saturated heterocycles. The summed E-state index contributed by atoms with van der Waals surface area (Å²) in [5.41, 5.74) is 5.11. The first-order valence-electron chi connectivity index (χ1n) is 8.79. The van der Waals surface area contributed by atoms with E-state index in [9.17, 15) is 9.59 Å². The van der Waals surface area contributed by atoms with Crippen molar-refractivity contribution in [1.29, 1.82) is 0 Å². The molecule has 4 nitrogen and oxygen atoms in total. The highest BCUT2D eigenvalue weighted by Gasteiger charge is 2.19. The third-order valence-electron chi connectivity index (χ3n) is 4.65. The first kappa shape index (κ1) is 18.5. The number of carbonyl (C=O) groups is 2. The predicted molar refractivity (Wildman–Crippen MR) is 103 cm³/mol. The number of amides is 1. The van der Waals surface area contributed by atoms with Crippen molar-refractivity contribution in [2.75, 3.05) is 5.32 Å². The second kappa shape index (κ2) is 7.92. The number of esters is 1. The molecule has 2 aromatic carbocycles. The summed E-state index contributed by atoms with van der Waals surface area (Å²) in [4.78, 5) is 24.5. The van der Waals surface area contributed by atoms with Gasteiger partial charge in [0.2, 0.25) is 0 Å². The lowest BCUT2D eigenvalue weighted by atomic mass is 10.0. The Morgan fingerprint density at radius 2 is 1.92 bits per heavy atom. The molecule has 0 heterocycles. The molecule has 26 heavy (non-hydrogen) atoms. The molecule has 1 atom stereocenters. The van der Waals surface area contributed by atoms with Gasteiger partial charge in [-0.05, 0) is 67.5 Å². The zero-order valence-electron chi connectivity index (χ0n) is 15.0. The highest BCUT2D eigenvalue weighted by atomic mass is 35.5. The van der Waals surface area contributed by atoms with Crippen LogP contribution in [0.25, 0.3) is 0 Å². The minimum absolute atomic E-state index is 0.168. The number of halogens is 1. The molecule has 1 aliphatic carbocycles. The first-order valence-corrected chi connectivity index (χ1v) is 9.17. The van der Waals surface area contributed by atoms with Crippen molar-refractivity contribution in [1.82, 2.24) is 0 Å². The normalized spacial score (nSPS) is 13.8. The van der Waals surface area contributed by atoms with Crippen LogP contribution in [0.2, 0.25) is 5.02 Å².